The minimum atomic E-state index is -0.128. The van der Waals surface area contributed by atoms with Crippen LogP contribution in [0.5, 0.6) is 6.01 Å². The molecule has 8 heteroatoms. The zero-order valence-electron chi connectivity index (χ0n) is 10.7. The van der Waals surface area contributed by atoms with Crippen molar-refractivity contribution in [2.75, 3.05) is 30.5 Å². The standard InChI is InChI=1S/C10H17N7O/c1-4-18-10-14-8(16-12)13-9(15-10)17(3)6-7(2)5-11/h7H,4,6,12H2,1-3H3,(H,13,14,15,16). The molecule has 3 N–H and O–H groups in total. The first-order valence-electron chi connectivity index (χ1n) is 5.57. The molecule has 0 aliphatic heterocycles. The number of nitrogen functional groups attached to an aromatic ring is 1. The van der Waals surface area contributed by atoms with Crippen molar-refractivity contribution >= 4 is 11.9 Å². The van der Waals surface area contributed by atoms with Crippen LogP contribution in [0.1, 0.15) is 13.8 Å². The van der Waals surface area contributed by atoms with Gasteiger partial charge in [-0.1, -0.05) is 0 Å². The van der Waals surface area contributed by atoms with E-state index in [0.717, 1.165) is 0 Å². The Kier molecular flexibility index (Phi) is 5.07. The number of hydrogen-bond acceptors (Lipinski definition) is 8. The van der Waals surface area contributed by atoms with Crippen LogP contribution < -0.4 is 20.9 Å². The number of ether oxygens (including phenoxy) is 1. The maximum atomic E-state index is 8.78. The summed E-state index contributed by atoms with van der Waals surface area (Å²) in [4.78, 5) is 13.9. The SMILES string of the molecule is CCOc1nc(NN)nc(N(C)CC(C)C#N)n1. The highest BCUT2D eigenvalue weighted by Gasteiger charge is 2.12. The second-order valence-corrected chi connectivity index (χ2v) is 3.73. The summed E-state index contributed by atoms with van der Waals surface area (Å²) in [5, 5.41) is 8.78. The van der Waals surface area contributed by atoms with Gasteiger partial charge >= 0.3 is 6.01 Å². The fraction of sp³-hybridized carbons (Fsp3) is 0.600. The first kappa shape index (κ1) is 13.9. The molecule has 1 atom stereocenters. The lowest BCUT2D eigenvalue weighted by atomic mass is 10.2. The summed E-state index contributed by atoms with van der Waals surface area (Å²) in [6.07, 6.45) is 0. The monoisotopic (exact) mass is 251 g/mol. The van der Waals surface area contributed by atoms with E-state index in [4.69, 9.17) is 15.8 Å². The van der Waals surface area contributed by atoms with Crippen molar-refractivity contribution in [2.24, 2.45) is 11.8 Å². The fourth-order valence-corrected chi connectivity index (χ4v) is 1.31. The normalized spacial score (nSPS) is 11.5. The number of nitrogens with zero attached hydrogens (tertiary/aromatic N) is 5. The second-order valence-electron chi connectivity index (χ2n) is 3.73. The molecule has 0 aliphatic rings. The molecule has 0 saturated heterocycles. The van der Waals surface area contributed by atoms with Gasteiger partial charge in [0, 0.05) is 13.6 Å². The summed E-state index contributed by atoms with van der Waals surface area (Å²) >= 11 is 0. The third-order valence-electron chi connectivity index (χ3n) is 2.12. The molecule has 1 rings (SSSR count). The van der Waals surface area contributed by atoms with Crippen LogP contribution in [0.3, 0.4) is 0 Å². The van der Waals surface area contributed by atoms with Crippen LogP contribution in [0.25, 0.3) is 0 Å². The van der Waals surface area contributed by atoms with Crippen LogP contribution in [0.2, 0.25) is 0 Å². The van der Waals surface area contributed by atoms with Gasteiger partial charge in [0.1, 0.15) is 0 Å². The molecule has 0 saturated carbocycles. The lowest BCUT2D eigenvalue weighted by Gasteiger charge is -2.18. The quantitative estimate of drug-likeness (QED) is 0.542. The van der Waals surface area contributed by atoms with E-state index >= 15 is 0 Å². The largest absolute Gasteiger partial charge is 0.464 e. The van der Waals surface area contributed by atoms with E-state index < -0.39 is 0 Å². The Morgan fingerprint density at radius 1 is 1.50 bits per heavy atom. The van der Waals surface area contributed by atoms with Gasteiger partial charge in [0.05, 0.1) is 18.6 Å². The van der Waals surface area contributed by atoms with Crippen molar-refractivity contribution < 1.29 is 4.74 Å². The van der Waals surface area contributed by atoms with E-state index in [1.165, 1.54) is 0 Å². The Morgan fingerprint density at radius 3 is 2.78 bits per heavy atom. The van der Waals surface area contributed by atoms with Crippen LogP contribution in [0.4, 0.5) is 11.9 Å². The molecule has 0 spiro atoms. The van der Waals surface area contributed by atoms with Gasteiger partial charge in [-0.05, 0) is 13.8 Å². The maximum absolute atomic E-state index is 8.78. The van der Waals surface area contributed by atoms with Gasteiger partial charge in [-0.25, -0.2) is 5.84 Å². The summed E-state index contributed by atoms with van der Waals surface area (Å²) in [6.45, 7) is 4.62. The van der Waals surface area contributed by atoms with Gasteiger partial charge < -0.3 is 9.64 Å². The van der Waals surface area contributed by atoms with Crippen molar-refractivity contribution in [1.29, 1.82) is 5.26 Å². The molecule has 0 aliphatic carbocycles. The maximum Gasteiger partial charge on any atom is 0.323 e. The van der Waals surface area contributed by atoms with E-state index in [-0.39, 0.29) is 17.9 Å². The number of anilines is 2. The lowest BCUT2D eigenvalue weighted by Crippen LogP contribution is -2.26. The Labute approximate surface area is 106 Å². The lowest BCUT2D eigenvalue weighted by molar-refractivity contribution is 0.312. The summed E-state index contributed by atoms with van der Waals surface area (Å²) in [5.74, 6) is 5.78. The van der Waals surface area contributed by atoms with Crippen molar-refractivity contribution in [3.05, 3.63) is 0 Å². The summed E-state index contributed by atoms with van der Waals surface area (Å²) < 4.78 is 5.22. The second kappa shape index (κ2) is 6.56. The van der Waals surface area contributed by atoms with Crippen molar-refractivity contribution in [2.45, 2.75) is 13.8 Å². The molecule has 18 heavy (non-hydrogen) atoms. The van der Waals surface area contributed by atoms with Gasteiger partial charge in [0.25, 0.3) is 0 Å². The van der Waals surface area contributed by atoms with Gasteiger partial charge in [-0.15, -0.1) is 0 Å². The zero-order chi connectivity index (χ0) is 13.5. The molecule has 0 bridgehead atoms. The summed E-state index contributed by atoms with van der Waals surface area (Å²) in [5.41, 5.74) is 2.35. The van der Waals surface area contributed by atoms with Gasteiger partial charge in [0.15, 0.2) is 0 Å². The van der Waals surface area contributed by atoms with Gasteiger partial charge in [0.2, 0.25) is 11.9 Å². The van der Waals surface area contributed by atoms with E-state index in [0.29, 0.717) is 19.1 Å². The molecular weight excluding hydrogens is 234 g/mol. The number of hydrogen-bond donors (Lipinski definition) is 2. The highest BCUT2D eigenvalue weighted by Crippen LogP contribution is 2.14. The molecular formula is C10H17N7O. The van der Waals surface area contributed by atoms with E-state index in [2.05, 4.69) is 26.4 Å². The minimum absolute atomic E-state index is 0.128. The Hall–Kier alpha value is -2.14. The molecule has 1 unspecified atom stereocenters. The number of nitriles is 1. The number of nitrogens with two attached hydrogens (primary N) is 1. The molecule has 8 nitrogen and oxygen atoms in total. The van der Waals surface area contributed by atoms with Gasteiger partial charge in [-0.3, -0.25) is 5.43 Å². The molecule has 0 radical (unpaired) electrons. The number of nitrogens with one attached hydrogen (secondary N) is 1. The Bertz CT molecular complexity index is 431. The minimum Gasteiger partial charge on any atom is -0.464 e. The van der Waals surface area contributed by atoms with E-state index in [1.807, 2.05) is 13.8 Å². The van der Waals surface area contributed by atoms with E-state index in [9.17, 15) is 0 Å². The summed E-state index contributed by atoms with van der Waals surface area (Å²) in [6, 6.07) is 2.35. The average molecular weight is 251 g/mol. The molecule has 98 valence electrons. The topological polar surface area (TPSA) is 113 Å². The smallest absolute Gasteiger partial charge is 0.323 e. The molecule has 1 aromatic heterocycles. The first-order chi connectivity index (χ1) is 8.60. The number of rotatable bonds is 6. The highest BCUT2D eigenvalue weighted by molar-refractivity contribution is 5.37. The van der Waals surface area contributed by atoms with Crippen LogP contribution in [0.15, 0.2) is 0 Å². The predicted octanol–water partition coefficient (Wildman–Crippen LogP) is 0.152. The first-order valence-corrected chi connectivity index (χ1v) is 5.57. The van der Waals surface area contributed by atoms with Crippen LogP contribution in [0, 0.1) is 17.2 Å². The van der Waals surface area contributed by atoms with Gasteiger partial charge in [-0.2, -0.15) is 20.2 Å². The van der Waals surface area contributed by atoms with Crippen LogP contribution in [-0.2, 0) is 0 Å². The predicted molar refractivity (Wildman–Crippen MR) is 66.9 cm³/mol. The van der Waals surface area contributed by atoms with Crippen LogP contribution >= 0.6 is 0 Å². The zero-order valence-corrected chi connectivity index (χ0v) is 10.7. The van der Waals surface area contributed by atoms with E-state index in [1.54, 1.807) is 11.9 Å². The average Bonchev–Trinajstić information content (AvgIpc) is 2.38. The molecule has 1 aromatic rings. The Balaban J connectivity index is 2.93. The molecule has 0 aromatic carbocycles. The third-order valence-corrected chi connectivity index (χ3v) is 2.12. The molecule has 0 amide bonds. The number of hydrazine groups is 1. The fourth-order valence-electron chi connectivity index (χ4n) is 1.31. The number of aromatic nitrogens is 3. The van der Waals surface area contributed by atoms with Crippen molar-refractivity contribution in [3.63, 3.8) is 0 Å². The summed E-state index contributed by atoms with van der Waals surface area (Å²) in [7, 11) is 1.79. The molecule has 0 fully saturated rings. The Morgan fingerprint density at radius 2 is 2.22 bits per heavy atom. The highest BCUT2D eigenvalue weighted by atomic mass is 16.5. The van der Waals surface area contributed by atoms with Crippen LogP contribution in [-0.4, -0.2) is 35.2 Å². The van der Waals surface area contributed by atoms with Crippen molar-refractivity contribution in [3.8, 4) is 12.1 Å². The van der Waals surface area contributed by atoms with Crippen molar-refractivity contribution in [1.82, 2.24) is 15.0 Å². The molecule has 1 heterocycles. The third kappa shape index (κ3) is 3.71.